The fourth-order valence-corrected chi connectivity index (χ4v) is 1.82. The van der Waals surface area contributed by atoms with E-state index in [1.165, 1.54) is 29.2 Å². The van der Waals surface area contributed by atoms with Crippen molar-refractivity contribution in [2.24, 2.45) is 0 Å². The number of halogens is 4. The zero-order chi connectivity index (χ0) is 15.0. The van der Waals surface area contributed by atoms with Crippen molar-refractivity contribution >= 4 is 5.65 Å². The number of imidazole rings is 1. The second kappa shape index (κ2) is 4.72. The second-order valence-corrected chi connectivity index (χ2v) is 4.14. The molecule has 0 aliphatic rings. The van der Waals surface area contributed by atoms with Crippen LogP contribution < -0.4 is 4.74 Å². The van der Waals surface area contributed by atoms with Crippen LogP contribution in [0.5, 0.6) is 11.6 Å². The first kappa shape index (κ1) is 13.3. The van der Waals surface area contributed by atoms with E-state index < -0.39 is 23.3 Å². The minimum atomic E-state index is -4.65. The Morgan fingerprint density at radius 1 is 1.14 bits per heavy atom. The van der Waals surface area contributed by atoms with E-state index in [1.54, 1.807) is 0 Å². The standard InChI is InChI=1S/C13H7F4N3O/c14-8-1-2-9(13(15,16)17)10(5-8)21-12-7-19-11-6-18-3-4-20(11)12/h1-7H. The van der Waals surface area contributed by atoms with Gasteiger partial charge in [-0.15, -0.1) is 0 Å². The number of fused-ring (bicyclic) bond motifs is 1. The summed E-state index contributed by atoms with van der Waals surface area (Å²) in [5.74, 6) is -1.42. The molecule has 2 heterocycles. The lowest BCUT2D eigenvalue weighted by molar-refractivity contribution is -0.138. The van der Waals surface area contributed by atoms with Gasteiger partial charge in [0, 0.05) is 18.5 Å². The summed E-state index contributed by atoms with van der Waals surface area (Å²) in [6.45, 7) is 0. The Morgan fingerprint density at radius 3 is 2.71 bits per heavy atom. The van der Waals surface area contributed by atoms with E-state index in [2.05, 4.69) is 9.97 Å². The van der Waals surface area contributed by atoms with Crippen molar-refractivity contribution < 1.29 is 22.3 Å². The summed E-state index contributed by atoms with van der Waals surface area (Å²) >= 11 is 0. The van der Waals surface area contributed by atoms with E-state index in [1.807, 2.05) is 0 Å². The van der Waals surface area contributed by atoms with Gasteiger partial charge in [-0.05, 0) is 12.1 Å². The molecule has 4 nitrogen and oxygen atoms in total. The molecule has 21 heavy (non-hydrogen) atoms. The monoisotopic (exact) mass is 297 g/mol. The number of nitrogens with zero attached hydrogens (tertiary/aromatic N) is 3. The molecule has 0 spiro atoms. The summed E-state index contributed by atoms with van der Waals surface area (Å²) in [4.78, 5) is 7.75. The predicted octanol–water partition coefficient (Wildman–Crippen LogP) is 3.68. The van der Waals surface area contributed by atoms with Crippen LogP contribution in [0.3, 0.4) is 0 Å². The molecule has 0 aliphatic heterocycles. The normalized spacial score (nSPS) is 11.8. The average molecular weight is 297 g/mol. The SMILES string of the molecule is Fc1ccc(C(F)(F)F)c(Oc2cnc3cnccn23)c1. The van der Waals surface area contributed by atoms with Crippen LogP contribution in [-0.4, -0.2) is 14.4 Å². The smallest absolute Gasteiger partial charge is 0.419 e. The molecule has 108 valence electrons. The summed E-state index contributed by atoms with van der Waals surface area (Å²) in [6.07, 6.45) is 0.915. The Hall–Kier alpha value is -2.64. The second-order valence-electron chi connectivity index (χ2n) is 4.14. The van der Waals surface area contributed by atoms with Gasteiger partial charge in [-0.1, -0.05) is 0 Å². The minimum Gasteiger partial charge on any atom is -0.438 e. The van der Waals surface area contributed by atoms with Gasteiger partial charge in [0.25, 0.3) is 0 Å². The molecule has 0 saturated heterocycles. The number of hydrogen-bond donors (Lipinski definition) is 0. The number of ether oxygens (including phenoxy) is 1. The van der Waals surface area contributed by atoms with Gasteiger partial charge in [0.15, 0.2) is 5.65 Å². The molecule has 0 amide bonds. The van der Waals surface area contributed by atoms with Gasteiger partial charge in [-0.25, -0.2) is 9.37 Å². The highest BCUT2D eigenvalue weighted by atomic mass is 19.4. The first-order chi connectivity index (χ1) is 9.95. The van der Waals surface area contributed by atoms with Crippen LogP contribution in [0.15, 0.2) is 43.0 Å². The third kappa shape index (κ3) is 2.51. The topological polar surface area (TPSA) is 39.4 Å². The molecule has 3 aromatic rings. The molecule has 1 aromatic carbocycles. The molecule has 2 aromatic heterocycles. The highest BCUT2D eigenvalue weighted by Gasteiger charge is 2.35. The van der Waals surface area contributed by atoms with Gasteiger partial charge in [0.2, 0.25) is 5.88 Å². The first-order valence-electron chi connectivity index (χ1n) is 5.77. The van der Waals surface area contributed by atoms with Crippen LogP contribution in [-0.2, 0) is 6.18 Å². The molecule has 3 rings (SSSR count). The lowest BCUT2D eigenvalue weighted by Gasteiger charge is -2.13. The van der Waals surface area contributed by atoms with Crippen molar-refractivity contribution in [3.63, 3.8) is 0 Å². The van der Waals surface area contributed by atoms with Crippen LogP contribution in [0.2, 0.25) is 0 Å². The number of benzene rings is 1. The third-order valence-electron chi connectivity index (χ3n) is 2.75. The molecule has 0 atom stereocenters. The molecule has 0 radical (unpaired) electrons. The van der Waals surface area contributed by atoms with Gasteiger partial charge >= 0.3 is 6.18 Å². The van der Waals surface area contributed by atoms with Crippen molar-refractivity contribution in [1.82, 2.24) is 14.4 Å². The van der Waals surface area contributed by atoms with Crippen molar-refractivity contribution in [2.75, 3.05) is 0 Å². The summed E-state index contributed by atoms with van der Waals surface area (Å²) in [5.41, 5.74) is -0.662. The lowest BCUT2D eigenvalue weighted by Crippen LogP contribution is -2.07. The van der Waals surface area contributed by atoms with Crippen molar-refractivity contribution in [3.8, 4) is 11.6 Å². The van der Waals surface area contributed by atoms with Crippen LogP contribution in [0.25, 0.3) is 5.65 Å². The average Bonchev–Trinajstić information content (AvgIpc) is 2.81. The largest absolute Gasteiger partial charge is 0.438 e. The van der Waals surface area contributed by atoms with Crippen molar-refractivity contribution in [2.45, 2.75) is 6.18 Å². The van der Waals surface area contributed by atoms with Crippen LogP contribution in [0.1, 0.15) is 5.56 Å². The van der Waals surface area contributed by atoms with E-state index in [-0.39, 0.29) is 5.88 Å². The molecule has 0 saturated carbocycles. The maximum Gasteiger partial charge on any atom is 0.419 e. The maximum absolute atomic E-state index is 13.2. The van der Waals surface area contributed by atoms with Gasteiger partial charge in [0.1, 0.15) is 11.6 Å². The zero-order valence-corrected chi connectivity index (χ0v) is 10.3. The van der Waals surface area contributed by atoms with E-state index in [4.69, 9.17) is 4.74 Å². The van der Waals surface area contributed by atoms with E-state index in [0.717, 1.165) is 6.07 Å². The van der Waals surface area contributed by atoms with Gasteiger partial charge in [-0.2, -0.15) is 13.2 Å². The Kier molecular flexibility index (Phi) is 3.00. The Labute approximate surface area is 115 Å². The molecular weight excluding hydrogens is 290 g/mol. The Bertz CT molecular complexity index is 797. The fraction of sp³-hybridized carbons (Fsp3) is 0.0769. The fourth-order valence-electron chi connectivity index (χ4n) is 1.82. The maximum atomic E-state index is 13.2. The summed E-state index contributed by atoms with van der Waals surface area (Å²) < 4.78 is 58.4. The highest BCUT2D eigenvalue weighted by Crippen LogP contribution is 2.38. The molecule has 0 N–H and O–H groups in total. The van der Waals surface area contributed by atoms with Crippen LogP contribution >= 0.6 is 0 Å². The van der Waals surface area contributed by atoms with E-state index in [0.29, 0.717) is 17.8 Å². The lowest BCUT2D eigenvalue weighted by atomic mass is 10.2. The van der Waals surface area contributed by atoms with E-state index >= 15 is 0 Å². The predicted molar refractivity (Wildman–Crippen MR) is 64.5 cm³/mol. The van der Waals surface area contributed by atoms with Gasteiger partial charge in [0.05, 0.1) is 18.0 Å². The van der Waals surface area contributed by atoms with E-state index in [9.17, 15) is 17.6 Å². The zero-order valence-electron chi connectivity index (χ0n) is 10.3. The highest BCUT2D eigenvalue weighted by molar-refractivity contribution is 5.43. The summed E-state index contributed by atoms with van der Waals surface area (Å²) in [7, 11) is 0. The Balaban J connectivity index is 2.07. The van der Waals surface area contributed by atoms with Crippen LogP contribution in [0, 0.1) is 5.82 Å². The number of hydrogen-bond acceptors (Lipinski definition) is 3. The van der Waals surface area contributed by atoms with Crippen molar-refractivity contribution in [1.29, 1.82) is 0 Å². The van der Waals surface area contributed by atoms with Gasteiger partial charge in [-0.3, -0.25) is 9.38 Å². The van der Waals surface area contributed by atoms with Crippen molar-refractivity contribution in [3.05, 3.63) is 54.4 Å². The minimum absolute atomic E-state index is 0.0310. The molecule has 0 aliphatic carbocycles. The molecule has 8 heteroatoms. The van der Waals surface area contributed by atoms with Crippen LogP contribution in [0.4, 0.5) is 17.6 Å². The third-order valence-corrected chi connectivity index (χ3v) is 2.75. The Morgan fingerprint density at radius 2 is 1.95 bits per heavy atom. The number of rotatable bonds is 2. The molecule has 0 unspecified atom stereocenters. The van der Waals surface area contributed by atoms with Gasteiger partial charge < -0.3 is 4.74 Å². The summed E-state index contributed by atoms with van der Waals surface area (Å²) in [5, 5.41) is 0. The number of alkyl halides is 3. The molecule has 0 fully saturated rings. The molecular formula is C13H7F4N3O. The quantitative estimate of drug-likeness (QED) is 0.677. The number of aromatic nitrogens is 3. The summed E-state index contributed by atoms with van der Waals surface area (Å²) in [6, 6.07) is 2.05. The molecule has 0 bridgehead atoms. The first-order valence-corrected chi connectivity index (χ1v) is 5.77.